The first-order chi connectivity index (χ1) is 10.1. The molecule has 0 saturated carbocycles. The van der Waals surface area contributed by atoms with Gasteiger partial charge in [-0.05, 0) is 12.5 Å². The van der Waals surface area contributed by atoms with Crippen molar-refractivity contribution >= 4 is 0 Å². The predicted octanol–water partition coefficient (Wildman–Crippen LogP) is 1.50. The lowest BCUT2D eigenvalue weighted by Gasteiger charge is -2.27. The summed E-state index contributed by atoms with van der Waals surface area (Å²) >= 11 is 0. The summed E-state index contributed by atoms with van der Waals surface area (Å²) in [5.41, 5.74) is 0.00942. The Balaban J connectivity index is 1.59. The third-order valence-corrected chi connectivity index (χ3v) is 3.78. The molecule has 7 heteroatoms. The Kier molecular flexibility index (Phi) is 3.94. The van der Waals surface area contributed by atoms with Gasteiger partial charge in [-0.1, -0.05) is 12.1 Å². The van der Waals surface area contributed by atoms with Crippen LogP contribution in [0.15, 0.2) is 24.5 Å². The van der Waals surface area contributed by atoms with Crippen molar-refractivity contribution in [1.29, 1.82) is 0 Å². The van der Waals surface area contributed by atoms with Crippen LogP contribution in [0.1, 0.15) is 23.9 Å². The van der Waals surface area contributed by atoms with Crippen molar-refractivity contribution in [2.75, 3.05) is 13.1 Å². The van der Waals surface area contributed by atoms with Crippen LogP contribution in [0.25, 0.3) is 0 Å². The van der Waals surface area contributed by atoms with Crippen molar-refractivity contribution < 1.29 is 13.9 Å². The summed E-state index contributed by atoms with van der Waals surface area (Å²) in [6.07, 6.45) is 1.03. The van der Waals surface area contributed by atoms with Gasteiger partial charge in [0.05, 0.1) is 12.6 Å². The molecule has 1 aliphatic heterocycles. The Labute approximate surface area is 120 Å². The van der Waals surface area contributed by atoms with Crippen LogP contribution in [0.5, 0.6) is 0 Å². The molecule has 0 amide bonds. The second kappa shape index (κ2) is 5.87. The van der Waals surface area contributed by atoms with Gasteiger partial charge in [-0.25, -0.2) is 8.78 Å². The average Bonchev–Trinajstić information content (AvgIpc) is 2.95. The molecule has 2 heterocycles. The number of hydrogen-bond donors (Lipinski definition) is 1. The molecule has 1 unspecified atom stereocenters. The second-order valence-electron chi connectivity index (χ2n) is 5.16. The molecule has 2 aromatic rings. The SMILES string of the molecule is OC(CCN1CCn2cnnc2C1)c1cccc(F)c1F. The van der Waals surface area contributed by atoms with E-state index in [1.807, 2.05) is 4.57 Å². The Morgan fingerprint density at radius 3 is 3.00 bits per heavy atom. The number of benzene rings is 1. The summed E-state index contributed by atoms with van der Waals surface area (Å²) in [5.74, 6) is -1.02. The maximum atomic E-state index is 13.6. The van der Waals surface area contributed by atoms with Crippen LogP contribution in [0.4, 0.5) is 8.78 Å². The maximum absolute atomic E-state index is 13.6. The highest BCUT2D eigenvalue weighted by molar-refractivity contribution is 5.21. The number of nitrogens with zero attached hydrogens (tertiary/aromatic N) is 4. The van der Waals surface area contributed by atoms with Crippen molar-refractivity contribution in [2.24, 2.45) is 0 Å². The van der Waals surface area contributed by atoms with E-state index in [9.17, 15) is 13.9 Å². The normalized spacial score (nSPS) is 16.7. The smallest absolute Gasteiger partial charge is 0.164 e. The molecule has 1 aromatic carbocycles. The molecule has 0 aliphatic carbocycles. The zero-order chi connectivity index (χ0) is 14.8. The summed E-state index contributed by atoms with van der Waals surface area (Å²) in [6.45, 7) is 2.86. The van der Waals surface area contributed by atoms with E-state index in [2.05, 4.69) is 15.1 Å². The molecule has 0 spiro atoms. The molecule has 0 fully saturated rings. The topological polar surface area (TPSA) is 54.2 Å². The summed E-state index contributed by atoms with van der Waals surface area (Å²) in [4.78, 5) is 2.12. The van der Waals surface area contributed by atoms with E-state index in [4.69, 9.17) is 0 Å². The lowest BCUT2D eigenvalue weighted by molar-refractivity contribution is 0.126. The molecule has 0 radical (unpaired) electrons. The Bertz CT molecular complexity index is 631. The van der Waals surface area contributed by atoms with Crippen LogP contribution in [-0.2, 0) is 13.1 Å². The van der Waals surface area contributed by atoms with Gasteiger partial charge in [-0.15, -0.1) is 10.2 Å². The number of fused-ring (bicyclic) bond motifs is 1. The highest BCUT2D eigenvalue weighted by Gasteiger charge is 2.20. The minimum Gasteiger partial charge on any atom is -0.388 e. The third-order valence-electron chi connectivity index (χ3n) is 3.78. The van der Waals surface area contributed by atoms with Gasteiger partial charge >= 0.3 is 0 Å². The van der Waals surface area contributed by atoms with Crippen LogP contribution >= 0.6 is 0 Å². The van der Waals surface area contributed by atoms with E-state index in [-0.39, 0.29) is 5.56 Å². The third kappa shape index (κ3) is 2.93. The van der Waals surface area contributed by atoms with Crippen LogP contribution in [0, 0.1) is 11.6 Å². The average molecular weight is 294 g/mol. The number of halogens is 2. The Morgan fingerprint density at radius 1 is 1.29 bits per heavy atom. The van der Waals surface area contributed by atoms with E-state index < -0.39 is 17.7 Å². The molecule has 21 heavy (non-hydrogen) atoms. The Hall–Kier alpha value is -1.86. The minimum absolute atomic E-state index is 0.00942. The van der Waals surface area contributed by atoms with Crippen LogP contribution in [0.2, 0.25) is 0 Å². The number of aromatic nitrogens is 3. The van der Waals surface area contributed by atoms with E-state index in [0.29, 0.717) is 19.5 Å². The lowest BCUT2D eigenvalue weighted by Crippen LogP contribution is -2.34. The van der Waals surface area contributed by atoms with Crippen molar-refractivity contribution in [3.63, 3.8) is 0 Å². The zero-order valence-electron chi connectivity index (χ0n) is 11.4. The molecule has 0 saturated heterocycles. The number of aliphatic hydroxyl groups is 1. The van der Waals surface area contributed by atoms with Crippen LogP contribution < -0.4 is 0 Å². The highest BCUT2D eigenvalue weighted by Crippen LogP contribution is 2.22. The molecule has 5 nitrogen and oxygen atoms in total. The van der Waals surface area contributed by atoms with Crippen molar-refractivity contribution in [1.82, 2.24) is 19.7 Å². The second-order valence-corrected chi connectivity index (χ2v) is 5.16. The van der Waals surface area contributed by atoms with Gasteiger partial charge < -0.3 is 9.67 Å². The van der Waals surface area contributed by atoms with Gasteiger partial charge in [0.25, 0.3) is 0 Å². The number of aliphatic hydroxyl groups excluding tert-OH is 1. The fourth-order valence-electron chi connectivity index (χ4n) is 2.55. The van der Waals surface area contributed by atoms with Gasteiger partial charge in [-0.2, -0.15) is 0 Å². The predicted molar refractivity (Wildman–Crippen MR) is 71.2 cm³/mol. The summed E-state index contributed by atoms with van der Waals surface area (Å²) in [5, 5.41) is 17.9. The van der Waals surface area contributed by atoms with Crippen LogP contribution in [0.3, 0.4) is 0 Å². The fourth-order valence-corrected chi connectivity index (χ4v) is 2.55. The van der Waals surface area contributed by atoms with Gasteiger partial charge in [0.2, 0.25) is 0 Å². The number of hydrogen-bond acceptors (Lipinski definition) is 4. The molecule has 1 atom stereocenters. The van der Waals surface area contributed by atoms with E-state index in [0.717, 1.165) is 25.0 Å². The standard InChI is InChI=1S/C14H16F2N4O/c15-11-3-1-2-10(14(11)16)12(21)4-5-19-6-7-20-9-17-18-13(20)8-19/h1-3,9,12,21H,4-8H2. The molecule has 1 N–H and O–H groups in total. The molecule has 1 aliphatic rings. The maximum Gasteiger partial charge on any atom is 0.164 e. The zero-order valence-corrected chi connectivity index (χ0v) is 11.4. The Morgan fingerprint density at radius 2 is 2.14 bits per heavy atom. The first-order valence-corrected chi connectivity index (χ1v) is 6.86. The van der Waals surface area contributed by atoms with Crippen molar-refractivity contribution in [2.45, 2.75) is 25.6 Å². The van der Waals surface area contributed by atoms with E-state index in [1.165, 1.54) is 12.1 Å². The summed E-state index contributed by atoms with van der Waals surface area (Å²) in [6, 6.07) is 3.86. The van der Waals surface area contributed by atoms with Crippen molar-refractivity contribution in [3.05, 3.63) is 47.5 Å². The first-order valence-electron chi connectivity index (χ1n) is 6.86. The van der Waals surface area contributed by atoms with Gasteiger partial charge in [0.1, 0.15) is 12.2 Å². The minimum atomic E-state index is -1.01. The molecule has 3 rings (SSSR count). The number of rotatable bonds is 4. The van der Waals surface area contributed by atoms with Crippen molar-refractivity contribution in [3.8, 4) is 0 Å². The fraction of sp³-hybridized carbons (Fsp3) is 0.429. The van der Waals surface area contributed by atoms with Gasteiger partial charge in [-0.3, -0.25) is 4.90 Å². The molecular weight excluding hydrogens is 278 g/mol. The molecule has 112 valence electrons. The van der Waals surface area contributed by atoms with Gasteiger partial charge in [0, 0.05) is 25.2 Å². The summed E-state index contributed by atoms with van der Waals surface area (Å²) < 4.78 is 28.7. The highest BCUT2D eigenvalue weighted by atomic mass is 19.2. The van der Waals surface area contributed by atoms with Crippen LogP contribution in [-0.4, -0.2) is 37.9 Å². The molecule has 1 aromatic heterocycles. The van der Waals surface area contributed by atoms with E-state index in [1.54, 1.807) is 6.33 Å². The summed E-state index contributed by atoms with van der Waals surface area (Å²) in [7, 11) is 0. The monoisotopic (exact) mass is 294 g/mol. The quantitative estimate of drug-likeness (QED) is 0.928. The molecule has 0 bridgehead atoms. The van der Waals surface area contributed by atoms with E-state index >= 15 is 0 Å². The van der Waals surface area contributed by atoms with Gasteiger partial charge in [0.15, 0.2) is 11.6 Å². The largest absolute Gasteiger partial charge is 0.388 e. The molecular formula is C14H16F2N4O. The first kappa shape index (κ1) is 14.1. The lowest BCUT2D eigenvalue weighted by atomic mass is 10.1.